The third-order valence-electron chi connectivity index (χ3n) is 5.03. The molecule has 1 aliphatic heterocycles. The van der Waals surface area contributed by atoms with E-state index in [4.69, 9.17) is 4.99 Å². The molecule has 0 aliphatic carbocycles. The van der Waals surface area contributed by atoms with E-state index in [0.717, 1.165) is 45.1 Å². The lowest BCUT2D eigenvalue weighted by Gasteiger charge is -2.37. The van der Waals surface area contributed by atoms with Crippen molar-refractivity contribution in [1.82, 2.24) is 20.4 Å². The Balaban J connectivity index is 1.98. The van der Waals surface area contributed by atoms with Gasteiger partial charge in [0.2, 0.25) is 0 Å². The molecule has 1 saturated heterocycles. The van der Waals surface area contributed by atoms with Crippen molar-refractivity contribution < 1.29 is 0 Å². The lowest BCUT2D eigenvalue weighted by molar-refractivity contribution is 0.119. The number of rotatable bonds is 6. The van der Waals surface area contributed by atoms with Gasteiger partial charge in [-0.2, -0.15) is 0 Å². The molecular formula is C20H35N5. The standard InChI is InChI=1S/C20H35N5/c1-6-17-8-10-18(11-9-17)16(3)23-20(21-7-2)22-14-19-15-24(4)12-13-25(19)5/h8-11,16,19H,6-7,12-15H2,1-5H3,(H2,21,22,23). The van der Waals surface area contributed by atoms with E-state index in [-0.39, 0.29) is 6.04 Å². The Hall–Kier alpha value is -1.59. The molecule has 25 heavy (non-hydrogen) atoms. The van der Waals surface area contributed by atoms with Gasteiger partial charge in [0.25, 0.3) is 0 Å². The van der Waals surface area contributed by atoms with Crippen molar-refractivity contribution >= 4 is 5.96 Å². The van der Waals surface area contributed by atoms with Crippen LogP contribution in [0.1, 0.15) is 37.9 Å². The molecule has 2 atom stereocenters. The van der Waals surface area contributed by atoms with Gasteiger partial charge in [-0.05, 0) is 45.5 Å². The Morgan fingerprint density at radius 1 is 1.20 bits per heavy atom. The Morgan fingerprint density at radius 2 is 1.92 bits per heavy atom. The number of nitrogens with zero attached hydrogens (tertiary/aromatic N) is 3. The van der Waals surface area contributed by atoms with E-state index in [1.807, 2.05) is 0 Å². The Bertz CT molecular complexity index is 540. The van der Waals surface area contributed by atoms with Gasteiger partial charge in [-0.3, -0.25) is 9.89 Å². The lowest BCUT2D eigenvalue weighted by atomic mass is 10.1. The summed E-state index contributed by atoms with van der Waals surface area (Å²) >= 11 is 0. The second kappa shape index (κ2) is 9.78. The van der Waals surface area contributed by atoms with Crippen LogP contribution in [0.2, 0.25) is 0 Å². The SMILES string of the molecule is CCNC(=NCC1CN(C)CCN1C)NC(C)c1ccc(CC)cc1. The van der Waals surface area contributed by atoms with Crippen LogP contribution in [0.4, 0.5) is 0 Å². The first-order valence-electron chi connectivity index (χ1n) is 9.56. The molecule has 0 aromatic heterocycles. The first kappa shape index (κ1) is 19.7. The molecule has 0 amide bonds. The lowest BCUT2D eigenvalue weighted by Crippen LogP contribution is -2.51. The minimum atomic E-state index is 0.232. The van der Waals surface area contributed by atoms with Crippen LogP contribution >= 0.6 is 0 Å². The van der Waals surface area contributed by atoms with Crippen LogP contribution in [0, 0.1) is 0 Å². The van der Waals surface area contributed by atoms with E-state index in [1.165, 1.54) is 11.1 Å². The molecule has 0 radical (unpaired) electrons. The highest BCUT2D eigenvalue weighted by Crippen LogP contribution is 2.14. The molecule has 2 rings (SSSR count). The molecular weight excluding hydrogens is 310 g/mol. The molecule has 140 valence electrons. The van der Waals surface area contributed by atoms with Crippen molar-refractivity contribution in [3.63, 3.8) is 0 Å². The molecule has 1 aromatic carbocycles. The third-order valence-corrected chi connectivity index (χ3v) is 5.03. The largest absolute Gasteiger partial charge is 0.357 e. The summed E-state index contributed by atoms with van der Waals surface area (Å²) in [4.78, 5) is 9.65. The zero-order valence-electron chi connectivity index (χ0n) is 16.5. The average molecular weight is 346 g/mol. The van der Waals surface area contributed by atoms with E-state index < -0.39 is 0 Å². The minimum absolute atomic E-state index is 0.232. The van der Waals surface area contributed by atoms with Gasteiger partial charge in [0.1, 0.15) is 0 Å². The summed E-state index contributed by atoms with van der Waals surface area (Å²) in [6.07, 6.45) is 1.08. The zero-order valence-corrected chi connectivity index (χ0v) is 16.5. The second-order valence-corrected chi connectivity index (χ2v) is 7.08. The van der Waals surface area contributed by atoms with Crippen LogP contribution in [0.25, 0.3) is 0 Å². The van der Waals surface area contributed by atoms with E-state index in [0.29, 0.717) is 6.04 Å². The number of hydrogen-bond donors (Lipinski definition) is 2. The number of hydrogen-bond acceptors (Lipinski definition) is 3. The fourth-order valence-electron chi connectivity index (χ4n) is 3.15. The molecule has 5 nitrogen and oxygen atoms in total. The fraction of sp³-hybridized carbons (Fsp3) is 0.650. The first-order chi connectivity index (χ1) is 12.0. The molecule has 0 spiro atoms. The number of guanidine groups is 1. The van der Waals surface area contributed by atoms with E-state index in [1.54, 1.807) is 0 Å². The summed E-state index contributed by atoms with van der Waals surface area (Å²) in [6, 6.07) is 9.56. The highest BCUT2D eigenvalue weighted by molar-refractivity contribution is 5.80. The van der Waals surface area contributed by atoms with Crippen molar-refractivity contribution in [3.05, 3.63) is 35.4 Å². The van der Waals surface area contributed by atoms with Gasteiger partial charge in [-0.15, -0.1) is 0 Å². The summed E-state index contributed by atoms with van der Waals surface area (Å²) < 4.78 is 0. The first-order valence-corrected chi connectivity index (χ1v) is 9.56. The van der Waals surface area contributed by atoms with Crippen molar-refractivity contribution in [2.24, 2.45) is 4.99 Å². The second-order valence-electron chi connectivity index (χ2n) is 7.08. The summed E-state index contributed by atoms with van der Waals surface area (Å²) in [5, 5.41) is 6.92. The van der Waals surface area contributed by atoms with Crippen LogP contribution in [0.5, 0.6) is 0 Å². The molecule has 1 aliphatic rings. The van der Waals surface area contributed by atoms with Crippen LogP contribution in [0.15, 0.2) is 29.3 Å². The van der Waals surface area contributed by atoms with Gasteiger partial charge < -0.3 is 15.5 Å². The maximum absolute atomic E-state index is 4.85. The molecule has 2 N–H and O–H groups in total. The molecule has 1 heterocycles. The summed E-state index contributed by atoms with van der Waals surface area (Å²) in [5.74, 6) is 0.899. The minimum Gasteiger partial charge on any atom is -0.357 e. The Kier molecular flexibility index (Phi) is 7.72. The van der Waals surface area contributed by atoms with Gasteiger partial charge >= 0.3 is 0 Å². The van der Waals surface area contributed by atoms with Gasteiger partial charge in [0.05, 0.1) is 12.6 Å². The van der Waals surface area contributed by atoms with E-state index in [2.05, 4.69) is 79.6 Å². The molecule has 1 aromatic rings. The van der Waals surface area contributed by atoms with Gasteiger partial charge in [0.15, 0.2) is 5.96 Å². The average Bonchev–Trinajstić information content (AvgIpc) is 2.62. The van der Waals surface area contributed by atoms with Crippen LogP contribution in [-0.2, 0) is 6.42 Å². The van der Waals surface area contributed by atoms with E-state index >= 15 is 0 Å². The summed E-state index contributed by atoms with van der Waals surface area (Å²) in [6.45, 7) is 11.5. The maximum atomic E-state index is 4.85. The maximum Gasteiger partial charge on any atom is 0.191 e. The van der Waals surface area contributed by atoms with E-state index in [9.17, 15) is 0 Å². The number of piperazine rings is 1. The van der Waals surface area contributed by atoms with Gasteiger partial charge in [0, 0.05) is 32.2 Å². The molecule has 1 fully saturated rings. The number of nitrogens with one attached hydrogen (secondary N) is 2. The number of aliphatic imine (C=N–C) groups is 1. The highest BCUT2D eigenvalue weighted by Gasteiger charge is 2.21. The van der Waals surface area contributed by atoms with Crippen molar-refractivity contribution in [2.75, 3.05) is 46.8 Å². The van der Waals surface area contributed by atoms with Crippen LogP contribution in [-0.4, -0.2) is 68.6 Å². The fourth-order valence-corrected chi connectivity index (χ4v) is 3.15. The zero-order chi connectivity index (χ0) is 18.2. The van der Waals surface area contributed by atoms with Gasteiger partial charge in [-0.1, -0.05) is 31.2 Å². The van der Waals surface area contributed by atoms with Crippen molar-refractivity contribution in [1.29, 1.82) is 0 Å². The number of likely N-dealkylation sites (N-methyl/N-ethyl adjacent to an activating group) is 2. The number of benzene rings is 1. The monoisotopic (exact) mass is 345 g/mol. The van der Waals surface area contributed by atoms with Crippen molar-refractivity contribution in [2.45, 2.75) is 39.3 Å². The summed E-state index contributed by atoms with van der Waals surface area (Å²) in [5.41, 5.74) is 2.67. The Labute approximate surface area is 153 Å². The van der Waals surface area contributed by atoms with Crippen LogP contribution < -0.4 is 10.6 Å². The normalized spacial score (nSPS) is 21.2. The topological polar surface area (TPSA) is 42.9 Å². The predicted octanol–water partition coefficient (Wildman–Crippen LogP) is 2.11. The van der Waals surface area contributed by atoms with Crippen LogP contribution in [0.3, 0.4) is 0 Å². The van der Waals surface area contributed by atoms with Crippen molar-refractivity contribution in [3.8, 4) is 0 Å². The number of aryl methyl sites for hydroxylation is 1. The Morgan fingerprint density at radius 3 is 2.56 bits per heavy atom. The third kappa shape index (κ3) is 6.01. The van der Waals surface area contributed by atoms with Gasteiger partial charge in [-0.25, -0.2) is 0 Å². The molecule has 5 heteroatoms. The highest BCUT2D eigenvalue weighted by atomic mass is 15.3. The molecule has 0 saturated carbocycles. The molecule has 0 bridgehead atoms. The smallest absolute Gasteiger partial charge is 0.191 e. The molecule has 2 unspecified atom stereocenters. The summed E-state index contributed by atoms with van der Waals surface area (Å²) in [7, 11) is 4.39. The predicted molar refractivity (Wildman–Crippen MR) is 107 cm³/mol. The quantitative estimate of drug-likeness (QED) is 0.612.